The molecule has 7 rings (SSSR count). The van der Waals surface area contributed by atoms with Crippen LogP contribution in [0.3, 0.4) is 0 Å². The Morgan fingerprint density at radius 1 is 0.653 bits per heavy atom. The maximum atomic E-state index is 6.79. The van der Waals surface area contributed by atoms with Crippen LogP contribution in [0.2, 0.25) is 0 Å². The first kappa shape index (κ1) is 32.6. The molecular formula is C43H41NO4S. The highest BCUT2D eigenvalue weighted by Crippen LogP contribution is 2.47. The molecule has 5 nitrogen and oxygen atoms in total. The van der Waals surface area contributed by atoms with Crippen LogP contribution < -0.4 is 19.1 Å². The van der Waals surface area contributed by atoms with Crippen molar-refractivity contribution >= 4 is 29.1 Å². The molecule has 248 valence electrons. The fourth-order valence-corrected chi connectivity index (χ4v) is 6.92. The second kappa shape index (κ2) is 15.1. The van der Waals surface area contributed by atoms with Gasteiger partial charge in [-0.15, -0.1) is 0 Å². The average Bonchev–Trinajstić information content (AvgIpc) is 3.17. The van der Waals surface area contributed by atoms with Crippen LogP contribution in [-0.2, 0) is 23.5 Å². The van der Waals surface area contributed by atoms with Crippen LogP contribution in [0, 0.1) is 0 Å². The standard InChI is InChI=1S/C43H41NO4S/c1-45-35-17-18-36(41(25-35)46-2)37-26-38-39(27-40(37)44-19-21-47-22-20-44)43(33-15-13-32(29-49)14-16-33)34(23-30-9-5-3-6-10-30)24-42(38)48-28-31-11-7-4-8-12-31/h3-18,24-27,49H,19-23,28-29H2,1-2H3. The van der Waals surface area contributed by atoms with E-state index < -0.39 is 0 Å². The number of hydrogen-bond acceptors (Lipinski definition) is 6. The normalized spacial score (nSPS) is 13.0. The largest absolute Gasteiger partial charge is 0.497 e. The number of rotatable bonds is 11. The van der Waals surface area contributed by atoms with Crippen LogP contribution in [0.25, 0.3) is 33.0 Å². The second-order valence-electron chi connectivity index (χ2n) is 12.3. The third-order valence-electron chi connectivity index (χ3n) is 9.25. The summed E-state index contributed by atoms with van der Waals surface area (Å²) in [5.74, 6) is 3.04. The number of anilines is 1. The van der Waals surface area contributed by atoms with E-state index >= 15 is 0 Å². The van der Waals surface area contributed by atoms with Gasteiger partial charge < -0.3 is 23.8 Å². The molecule has 0 aromatic heterocycles. The Bertz CT molecular complexity index is 2020. The van der Waals surface area contributed by atoms with Gasteiger partial charge in [-0.3, -0.25) is 0 Å². The third kappa shape index (κ3) is 7.12. The highest BCUT2D eigenvalue weighted by atomic mass is 32.1. The lowest BCUT2D eigenvalue weighted by molar-refractivity contribution is 0.123. The van der Waals surface area contributed by atoms with Crippen molar-refractivity contribution in [2.75, 3.05) is 45.4 Å². The topological polar surface area (TPSA) is 40.2 Å². The van der Waals surface area contributed by atoms with Crippen molar-refractivity contribution < 1.29 is 18.9 Å². The minimum absolute atomic E-state index is 0.461. The molecule has 1 saturated heterocycles. The van der Waals surface area contributed by atoms with Crippen LogP contribution in [0.4, 0.5) is 5.69 Å². The van der Waals surface area contributed by atoms with E-state index in [0.29, 0.717) is 25.6 Å². The molecule has 6 heteroatoms. The lowest BCUT2D eigenvalue weighted by Crippen LogP contribution is -2.36. The first-order chi connectivity index (χ1) is 24.1. The van der Waals surface area contributed by atoms with E-state index in [1.165, 1.54) is 27.8 Å². The molecule has 0 aliphatic carbocycles. The van der Waals surface area contributed by atoms with Crippen LogP contribution in [0.1, 0.15) is 22.3 Å². The van der Waals surface area contributed by atoms with Crippen LogP contribution in [0.15, 0.2) is 121 Å². The summed E-state index contributed by atoms with van der Waals surface area (Å²) in [6.07, 6.45) is 0.767. The van der Waals surface area contributed by atoms with Gasteiger partial charge in [0, 0.05) is 47.1 Å². The number of fused-ring (bicyclic) bond motifs is 1. The maximum Gasteiger partial charge on any atom is 0.130 e. The summed E-state index contributed by atoms with van der Waals surface area (Å²) in [4.78, 5) is 2.43. The minimum Gasteiger partial charge on any atom is -0.497 e. The van der Waals surface area contributed by atoms with Gasteiger partial charge in [0.2, 0.25) is 0 Å². The van der Waals surface area contributed by atoms with Gasteiger partial charge in [-0.1, -0.05) is 84.9 Å². The molecule has 1 aliphatic rings. The van der Waals surface area contributed by atoms with Crippen molar-refractivity contribution in [3.63, 3.8) is 0 Å². The zero-order chi connectivity index (χ0) is 33.6. The van der Waals surface area contributed by atoms with Crippen LogP contribution >= 0.6 is 12.6 Å². The van der Waals surface area contributed by atoms with Gasteiger partial charge in [0.25, 0.3) is 0 Å². The maximum absolute atomic E-state index is 6.79. The molecule has 0 amide bonds. The number of methoxy groups -OCH3 is 2. The lowest BCUT2D eigenvalue weighted by Gasteiger charge is -2.32. The summed E-state index contributed by atoms with van der Waals surface area (Å²) >= 11 is 4.54. The molecule has 0 saturated carbocycles. The third-order valence-corrected chi connectivity index (χ3v) is 9.61. The van der Waals surface area contributed by atoms with Gasteiger partial charge in [0.05, 0.1) is 27.4 Å². The molecule has 0 radical (unpaired) electrons. The van der Waals surface area contributed by atoms with E-state index in [4.69, 9.17) is 18.9 Å². The molecule has 1 aliphatic heterocycles. The number of thiol groups is 1. The molecule has 0 bridgehead atoms. The summed E-state index contributed by atoms with van der Waals surface area (Å²) in [7, 11) is 3.39. The van der Waals surface area contributed by atoms with E-state index in [0.717, 1.165) is 69.9 Å². The Hall–Kier alpha value is -4.91. The van der Waals surface area contributed by atoms with Crippen LogP contribution in [-0.4, -0.2) is 40.5 Å². The van der Waals surface area contributed by atoms with E-state index in [9.17, 15) is 0 Å². The van der Waals surface area contributed by atoms with Gasteiger partial charge in [0.15, 0.2) is 0 Å². The van der Waals surface area contributed by atoms with Crippen molar-refractivity contribution in [2.45, 2.75) is 18.8 Å². The van der Waals surface area contributed by atoms with Crippen molar-refractivity contribution in [1.82, 2.24) is 0 Å². The fourth-order valence-electron chi connectivity index (χ4n) is 6.71. The summed E-state index contributed by atoms with van der Waals surface area (Å²) in [5, 5.41) is 2.19. The van der Waals surface area contributed by atoms with E-state index in [-0.39, 0.29) is 0 Å². The lowest BCUT2D eigenvalue weighted by atomic mass is 9.87. The van der Waals surface area contributed by atoms with E-state index in [2.05, 4.69) is 121 Å². The highest BCUT2D eigenvalue weighted by Gasteiger charge is 2.24. The van der Waals surface area contributed by atoms with Gasteiger partial charge >= 0.3 is 0 Å². The summed E-state index contributed by atoms with van der Waals surface area (Å²) in [5.41, 5.74) is 10.3. The smallest absolute Gasteiger partial charge is 0.130 e. The molecule has 0 N–H and O–H groups in total. The molecule has 0 atom stereocenters. The first-order valence-electron chi connectivity index (χ1n) is 16.7. The SMILES string of the molecule is COc1ccc(-c2cc3c(OCc4ccccc4)cc(Cc4ccccc4)c(-c4ccc(CS)cc4)c3cc2N2CCOCC2)c(OC)c1. The number of benzene rings is 6. The molecule has 6 aromatic carbocycles. The van der Waals surface area contributed by atoms with Gasteiger partial charge in [0.1, 0.15) is 23.9 Å². The Labute approximate surface area is 294 Å². The van der Waals surface area contributed by atoms with E-state index in [1.54, 1.807) is 14.2 Å². The predicted molar refractivity (Wildman–Crippen MR) is 204 cm³/mol. The molecular weight excluding hydrogens is 627 g/mol. The zero-order valence-corrected chi connectivity index (χ0v) is 28.9. The molecule has 0 unspecified atom stereocenters. The van der Waals surface area contributed by atoms with Crippen molar-refractivity contribution in [3.05, 3.63) is 144 Å². The van der Waals surface area contributed by atoms with Gasteiger partial charge in [-0.05, 0) is 75.5 Å². The Morgan fingerprint density at radius 2 is 1.37 bits per heavy atom. The molecule has 1 heterocycles. The minimum atomic E-state index is 0.461. The van der Waals surface area contributed by atoms with E-state index in [1.807, 2.05) is 18.2 Å². The quantitative estimate of drug-likeness (QED) is 0.139. The Kier molecular flexibility index (Phi) is 10.1. The number of hydrogen-bond donors (Lipinski definition) is 1. The Balaban J connectivity index is 1.52. The average molecular weight is 668 g/mol. The molecule has 1 fully saturated rings. The van der Waals surface area contributed by atoms with Crippen molar-refractivity contribution in [3.8, 4) is 39.5 Å². The predicted octanol–water partition coefficient (Wildman–Crippen LogP) is 9.63. The fraction of sp³-hybridized carbons (Fsp3) is 0.209. The molecule has 49 heavy (non-hydrogen) atoms. The summed E-state index contributed by atoms with van der Waals surface area (Å²) in [6, 6.07) is 42.8. The molecule has 0 spiro atoms. The van der Waals surface area contributed by atoms with Crippen LogP contribution in [0.5, 0.6) is 17.2 Å². The summed E-state index contributed by atoms with van der Waals surface area (Å²) < 4.78 is 24.1. The van der Waals surface area contributed by atoms with Crippen molar-refractivity contribution in [1.29, 1.82) is 0 Å². The number of nitrogens with zero attached hydrogens (tertiary/aromatic N) is 1. The second-order valence-corrected chi connectivity index (χ2v) is 12.6. The first-order valence-corrected chi connectivity index (χ1v) is 17.4. The Morgan fingerprint density at radius 3 is 2.04 bits per heavy atom. The van der Waals surface area contributed by atoms with Gasteiger partial charge in [-0.2, -0.15) is 12.6 Å². The monoisotopic (exact) mass is 667 g/mol. The highest BCUT2D eigenvalue weighted by molar-refractivity contribution is 7.79. The molecule has 6 aromatic rings. The number of morpholine rings is 1. The van der Waals surface area contributed by atoms with Crippen molar-refractivity contribution in [2.24, 2.45) is 0 Å². The summed E-state index contributed by atoms with van der Waals surface area (Å²) in [6.45, 7) is 3.40. The van der Waals surface area contributed by atoms with Gasteiger partial charge in [-0.25, -0.2) is 0 Å². The zero-order valence-electron chi connectivity index (χ0n) is 28.0. The number of ether oxygens (including phenoxy) is 4.